The molecule has 0 N–H and O–H groups in total. The molecule has 0 aromatic heterocycles. The van der Waals surface area contributed by atoms with Crippen molar-refractivity contribution in [3.8, 4) is 0 Å². The van der Waals surface area contributed by atoms with Crippen molar-refractivity contribution in [2.24, 2.45) is 5.92 Å². The summed E-state index contributed by atoms with van der Waals surface area (Å²) in [5.41, 5.74) is 0. The molecule has 52 valence electrons. The van der Waals surface area contributed by atoms with Gasteiger partial charge in [0.1, 0.15) is 0 Å². The maximum absolute atomic E-state index is 2.64. The zero-order chi connectivity index (χ0) is 6.43. The lowest BCUT2D eigenvalue weighted by molar-refractivity contribution is 0.244. The molecule has 2 unspecified atom stereocenters. The van der Waals surface area contributed by atoms with Crippen LogP contribution >= 0.6 is 0 Å². The van der Waals surface area contributed by atoms with Crippen molar-refractivity contribution in [2.75, 3.05) is 6.54 Å². The normalized spacial score (nSPS) is 49.3. The van der Waals surface area contributed by atoms with E-state index in [-0.39, 0.29) is 0 Å². The third-order valence-corrected chi connectivity index (χ3v) is 2.89. The predicted octanol–water partition coefficient (Wildman–Crippen LogP) is 1.49. The number of fused-ring (bicyclic) bond motifs is 1. The van der Waals surface area contributed by atoms with Crippen molar-refractivity contribution in [1.29, 1.82) is 0 Å². The van der Waals surface area contributed by atoms with Crippen molar-refractivity contribution in [3.05, 3.63) is 0 Å². The van der Waals surface area contributed by atoms with Gasteiger partial charge >= 0.3 is 0 Å². The maximum Gasteiger partial charge on any atom is 0.0131 e. The minimum Gasteiger partial charge on any atom is -0.298 e. The summed E-state index contributed by atoms with van der Waals surface area (Å²) in [5.74, 6) is 1.10. The Morgan fingerprint density at radius 3 is 2.56 bits per heavy atom. The molecule has 1 aliphatic carbocycles. The van der Waals surface area contributed by atoms with E-state index < -0.39 is 0 Å². The Kier molecular flexibility index (Phi) is 1.10. The molecule has 0 radical (unpaired) electrons. The highest BCUT2D eigenvalue weighted by Crippen LogP contribution is 2.47. The monoisotopic (exact) mass is 125 g/mol. The topological polar surface area (TPSA) is 3.24 Å². The van der Waals surface area contributed by atoms with Crippen molar-refractivity contribution in [1.82, 2.24) is 4.90 Å². The largest absolute Gasteiger partial charge is 0.298 e. The predicted molar refractivity (Wildman–Crippen MR) is 38.4 cm³/mol. The first kappa shape index (κ1) is 5.72. The summed E-state index contributed by atoms with van der Waals surface area (Å²) in [6.07, 6.45) is 2.97. The third kappa shape index (κ3) is 0.710. The zero-order valence-electron chi connectivity index (χ0n) is 6.30. The van der Waals surface area contributed by atoms with Crippen LogP contribution in [0.2, 0.25) is 0 Å². The smallest absolute Gasteiger partial charge is 0.0131 e. The van der Waals surface area contributed by atoms with Crippen LogP contribution in [0.15, 0.2) is 0 Å². The fourth-order valence-electron chi connectivity index (χ4n) is 2.34. The minimum atomic E-state index is 0.888. The van der Waals surface area contributed by atoms with Gasteiger partial charge in [-0.15, -0.1) is 0 Å². The molecule has 0 bridgehead atoms. The summed E-state index contributed by atoms with van der Waals surface area (Å²) in [7, 11) is 0. The van der Waals surface area contributed by atoms with E-state index in [1.54, 1.807) is 0 Å². The van der Waals surface area contributed by atoms with Crippen LogP contribution in [-0.4, -0.2) is 23.5 Å². The van der Waals surface area contributed by atoms with Gasteiger partial charge in [-0.05, 0) is 32.2 Å². The Morgan fingerprint density at radius 2 is 2.22 bits per heavy atom. The molecular weight excluding hydrogens is 110 g/mol. The average molecular weight is 125 g/mol. The molecule has 1 saturated heterocycles. The molecule has 0 spiro atoms. The molecule has 1 saturated carbocycles. The summed E-state index contributed by atoms with van der Waals surface area (Å²) in [4.78, 5) is 2.64. The highest BCUT2D eigenvalue weighted by Gasteiger charge is 2.49. The van der Waals surface area contributed by atoms with E-state index in [1.165, 1.54) is 19.4 Å². The van der Waals surface area contributed by atoms with Gasteiger partial charge < -0.3 is 0 Å². The van der Waals surface area contributed by atoms with E-state index in [9.17, 15) is 0 Å². The maximum atomic E-state index is 2.64. The highest BCUT2D eigenvalue weighted by molar-refractivity contribution is 5.03. The number of hydrogen-bond acceptors (Lipinski definition) is 1. The van der Waals surface area contributed by atoms with E-state index in [1.807, 2.05) is 0 Å². The molecule has 1 nitrogen and oxygen atoms in total. The van der Waals surface area contributed by atoms with Crippen molar-refractivity contribution in [2.45, 2.75) is 38.8 Å². The van der Waals surface area contributed by atoms with Crippen LogP contribution in [-0.2, 0) is 0 Å². The van der Waals surface area contributed by atoms with E-state index >= 15 is 0 Å². The van der Waals surface area contributed by atoms with Crippen LogP contribution < -0.4 is 0 Å². The van der Waals surface area contributed by atoms with Crippen LogP contribution in [0.3, 0.4) is 0 Å². The van der Waals surface area contributed by atoms with Crippen LogP contribution in [0, 0.1) is 5.92 Å². The van der Waals surface area contributed by atoms with Gasteiger partial charge in [0.2, 0.25) is 0 Å². The van der Waals surface area contributed by atoms with Gasteiger partial charge in [0, 0.05) is 12.1 Å². The number of rotatable bonds is 1. The van der Waals surface area contributed by atoms with E-state index in [4.69, 9.17) is 0 Å². The van der Waals surface area contributed by atoms with Gasteiger partial charge in [-0.25, -0.2) is 0 Å². The van der Waals surface area contributed by atoms with E-state index in [2.05, 4.69) is 18.7 Å². The van der Waals surface area contributed by atoms with Crippen molar-refractivity contribution >= 4 is 0 Å². The molecule has 1 heterocycles. The molecule has 1 aliphatic heterocycles. The minimum absolute atomic E-state index is 0.888. The fraction of sp³-hybridized carbons (Fsp3) is 1.00. The Bertz CT molecular complexity index is 120. The highest BCUT2D eigenvalue weighted by atomic mass is 15.2. The quantitative estimate of drug-likeness (QED) is 0.513. The van der Waals surface area contributed by atoms with Gasteiger partial charge in [0.05, 0.1) is 0 Å². The lowest BCUT2D eigenvalue weighted by Gasteiger charge is -2.21. The third-order valence-electron chi connectivity index (χ3n) is 2.89. The van der Waals surface area contributed by atoms with Crippen LogP contribution in [0.25, 0.3) is 0 Å². The van der Waals surface area contributed by atoms with Gasteiger partial charge in [-0.1, -0.05) is 6.92 Å². The van der Waals surface area contributed by atoms with Crippen molar-refractivity contribution < 1.29 is 0 Å². The number of hydrogen-bond donors (Lipinski definition) is 0. The van der Waals surface area contributed by atoms with Gasteiger partial charge in [-0.2, -0.15) is 0 Å². The van der Waals surface area contributed by atoms with Gasteiger partial charge in [-0.3, -0.25) is 4.90 Å². The standard InChI is InChI=1S/C8H15N/c1-3-9-6(2)4-7-5-8(7)9/h6-8H,3-5H2,1-2H3/t6-,7?,8?/m1/s1. The van der Waals surface area contributed by atoms with Crippen LogP contribution in [0.5, 0.6) is 0 Å². The summed E-state index contributed by atoms with van der Waals surface area (Å²) in [6.45, 7) is 5.90. The first-order valence-electron chi connectivity index (χ1n) is 4.08. The Labute approximate surface area is 57.0 Å². The Morgan fingerprint density at radius 1 is 1.44 bits per heavy atom. The molecule has 0 aromatic rings. The summed E-state index contributed by atoms with van der Waals surface area (Å²) >= 11 is 0. The second-order valence-corrected chi connectivity index (χ2v) is 3.48. The molecule has 3 atom stereocenters. The number of likely N-dealkylation sites (tertiary alicyclic amines) is 1. The van der Waals surface area contributed by atoms with Crippen molar-refractivity contribution in [3.63, 3.8) is 0 Å². The molecule has 2 rings (SSSR count). The molecule has 9 heavy (non-hydrogen) atoms. The molecule has 0 amide bonds. The Balaban J connectivity index is 2.02. The first-order chi connectivity index (χ1) is 4.33. The fourth-order valence-corrected chi connectivity index (χ4v) is 2.34. The number of nitrogens with zero attached hydrogens (tertiary/aromatic N) is 1. The summed E-state index contributed by atoms with van der Waals surface area (Å²) in [6, 6.07) is 1.89. The lowest BCUT2D eigenvalue weighted by atomic mass is 10.2. The summed E-state index contributed by atoms with van der Waals surface area (Å²) in [5, 5.41) is 0. The summed E-state index contributed by atoms with van der Waals surface area (Å²) < 4.78 is 0. The van der Waals surface area contributed by atoms with Crippen LogP contribution in [0.4, 0.5) is 0 Å². The average Bonchev–Trinajstić information content (AvgIpc) is 2.45. The molecular formula is C8H15N. The van der Waals surface area contributed by atoms with E-state index in [0.29, 0.717) is 0 Å². The lowest BCUT2D eigenvalue weighted by Crippen LogP contribution is -2.29. The second kappa shape index (κ2) is 1.72. The molecule has 1 heteroatoms. The van der Waals surface area contributed by atoms with Gasteiger partial charge in [0.25, 0.3) is 0 Å². The molecule has 0 aromatic carbocycles. The molecule has 2 aliphatic rings. The Hall–Kier alpha value is -0.0400. The van der Waals surface area contributed by atoms with Gasteiger partial charge in [0.15, 0.2) is 0 Å². The first-order valence-corrected chi connectivity index (χ1v) is 4.08. The zero-order valence-corrected chi connectivity index (χ0v) is 6.30. The number of piperidine rings is 1. The SMILES string of the molecule is CCN1C2CC2C[C@H]1C. The molecule has 2 fully saturated rings. The van der Waals surface area contributed by atoms with Crippen LogP contribution in [0.1, 0.15) is 26.7 Å². The second-order valence-electron chi connectivity index (χ2n) is 3.48. The van der Waals surface area contributed by atoms with E-state index in [0.717, 1.165) is 18.0 Å².